The van der Waals surface area contributed by atoms with Gasteiger partial charge >= 0.3 is 0 Å². The fraction of sp³-hybridized carbons (Fsp3) is 0.684. The number of nitrogens with zero attached hydrogens (tertiary/aromatic N) is 1. The third-order valence-corrected chi connectivity index (χ3v) is 5.79. The van der Waals surface area contributed by atoms with E-state index in [0.717, 1.165) is 6.54 Å². The smallest absolute Gasteiger partial charge is 0.0332 e. The zero-order valence-electron chi connectivity index (χ0n) is 13.3. The molecule has 1 saturated heterocycles. The molecule has 0 spiro atoms. The van der Waals surface area contributed by atoms with Gasteiger partial charge in [0, 0.05) is 18.6 Å². The third kappa shape index (κ3) is 3.32. The van der Waals surface area contributed by atoms with Crippen LogP contribution in [-0.4, -0.2) is 30.1 Å². The van der Waals surface area contributed by atoms with Crippen LogP contribution in [0, 0.1) is 0 Å². The van der Waals surface area contributed by atoms with Gasteiger partial charge in [0.1, 0.15) is 0 Å². The summed E-state index contributed by atoms with van der Waals surface area (Å²) in [6, 6.07) is 11.0. The van der Waals surface area contributed by atoms with E-state index in [0.29, 0.717) is 11.5 Å². The Morgan fingerprint density at radius 2 is 1.67 bits per heavy atom. The molecule has 1 aliphatic carbocycles. The zero-order valence-corrected chi connectivity index (χ0v) is 13.3. The zero-order chi connectivity index (χ0) is 14.5. The van der Waals surface area contributed by atoms with E-state index in [4.69, 9.17) is 5.73 Å². The van der Waals surface area contributed by atoms with Gasteiger partial charge in [0.15, 0.2) is 0 Å². The number of rotatable bonds is 3. The Hall–Kier alpha value is -0.860. The van der Waals surface area contributed by atoms with Crippen molar-refractivity contribution < 1.29 is 0 Å². The van der Waals surface area contributed by atoms with E-state index in [2.05, 4.69) is 35.2 Å². The maximum absolute atomic E-state index is 6.28. The fourth-order valence-corrected chi connectivity index (χ4v) is 4.40. The molecule has 2 nitrogen and oxygen atoms in total. The first kappa shape index (κ1) is 15.1. The predicted molar refractivity (Wildman–Crippen MR) is 89.5 cm³/mol. The summed E-state index contributed by atoms with van der Waals surface area (Å²) in [5.41, 5.74) is 8.09. The molecule has 1 heterocycles. The van der Waals surface area contributed by atoms with Gasteiger partial charge in [0.05, 0.1) is 0 Å². The van der Waals surface area contributed by atoms with Crippen molar-refractivity contribution >= 4 is 0 Å². The molecule has 0 bridgehead atoms. The van der Waals surface area contributed by atoms with Crippen molar-refractivity contribution in [2.45, 2.75) is 62.8 Å². The van der Waals surface area contributed by atoms with Crippen molar-refractivity contribution in [2.75, 3.05) is 19.6 Å². The van der Waals surface area contributed by atoms with Gasteiger partial charge in [0.25, 0.3) is 0 Å². The Kier molecular flexibility index (Phi) is 4.97. The van der Waals surface area contributed by atoms with Crippen LogP contribution in [0.2, 0.25) is 0 Å². The first-order valence-corrected chi connectivity index (χ1v) is 8.84. The normalized spacial score (nSPS) is 27.2. The van der Waals surface area contributed by atoms with Crippen LogP contribution in [-0.2, 0) is 0 Å². The number of hydrogen-bond acceptors (Lipinski definition) is 2. The van der Waals surface area contributed by atoms with E-state index >= 15 is 0 Å². The summed E-state index contributed by atoms with van der Waals surface area (Å²) < 4.78 is 0. The van der Waals surface area contributed by atoms with Crippen molar-refractivity contribution in [1.82, 2.24) is 4.90 Å². The molecular formula is C19H30N2. The second-order valence-corrected chi connectivity index (χ2v) is 7.04. The summed E-state index contributed by atoms with van der Waals surface area (Å²) >= 11 is 0. The van der Waals surface area contributed by atoms with E-state index in [9.17, 15) is 0 Å². The molecule has 1 aromatic carbocycles. The molecule has 3 rings (SSSR count). The molecule has 2 heteroatoms. The van der Waals surface area contributed by atoms with E-state index in [1.165, 1.54) is 70.0 Å². The van der Waals surface area contributed by atoms with Crippen molar-refractivity contribution in [2.24, 2.45) is 5.73 Å². The van der Waals surface area contributed by atoms with Gasteiger partial charge in [-0.2, -0.15) is 0 Å². The largest absolute Gasteiger partial charge is 0.329 e. The minimum atomic E-state index is 0.296. The predicted octanol–water partition coefficient (Wildman–Crippen LogP) is 3.92. The molecule has 2 fully saturated rings. The van der Waals surface area contributed by atoms with Crippen LogP contribution < -0.4 is 5.73 Å². The standard InChI is InChI=1S/C19H30N2/c20-16-19(12-7-2-1-3-8-13-19)21-14-11-18(15-21)17-9-5-4-6-10-17/h4-6,9-10,18H,1-3,7-8,11-16,20H2. The SMILES string of the molecule is NCC1(N2CCC(c3ccccc3)C2)CCCCCCC1. The molecule has 0 amide bonds. The van der Waals surface area contributed by atoms with Gasteiger partial charge < -0.3 is 5.73 Å². The Morgan fingerprint density at radius 1 is 1.00 bits per heavy atom. The van der Waals surface area contributed by atoms with Gasteiger partial charge in [-0.1, -0.05) is 62.4 Å². The summed E-state index contributed by atoms with van der Waals surface area (Å²) in [7, 11) is 0. The monoisotopic (exact) mass is 286 g/mol. The molecule has 1 unspecified atom stereocenters. The molecule has 2 aliphatic rings. The average Bonchev–Trinajstić information content (AvgIpc) is 2.99. The van der Waals surface area contributed by atoms with Crippen LogP contribution in [0.4, 0.5) is 0 Å². The van der Waals surface area contributed by atoms with Crippen molar-refractivity contribution in [3.05, 3.63) is 35.9 Å². The maximum atomic E-state index is 6.28. The highest BCUT2D eigenvalue weighted by Crippen LogP contribution is 2.37. The van der Waals surface area contributed by atoms with Gasteiger partial charge in [0.2, 0.25) is 0 Å². The highest BCUT2D eigenvalue weighted by atomic mass is 15.2. The summed E-state index contributed by atoms with van der Waals surface area (Å²) in [6.45, 7) is 3.28. The van der Waals surface area contributed by atoms with Gasteiger partial charge in [-0.25, -0.2) is 0 Å². The lowest BCUT2D eigenvalue weighted by molar-refractivity contribution is 0.0904. The summed E-state index contributed by atoms with van der Waals surface area (Å²) in [5.74, 6) is 0.708. The summed E-state index contributed by atoms with van der Waals surface area (Å²) in [6.07, 6.45) is 10.9. The van der Waals surface area contributed by atoms with Crippen LogP contribution in [0.25, 0.3) is 0 Å². The Labute approximate surface area is 129 Å². The molecule has 2 N–H and O–H groups in total. The number of hydrogen-bond donors (Lipinski definition) is 1. The molecule has 1 aliphatic heterocycles. The molecule has 0 radical (unpaired) electrons. The molecule has 1 atom stereocenters. The molecule has 116 valence electrons. The van der Waals surface area contributed by atoms with Crippen LogP contribution in [0.5, 0.6) is 0 Å². The molecule has 1 saturated carbocycles. The highest BCUT2D eigenvalue weighted by molar-refractivity contribution is 5.21. The van der Waals surface area contributed by atoms with Gasteiger partial charge in [-0.05, 0) is 37.3 Å². The first-order valence-electron chi connectivity index (χ1n) is 8.84. The summed E-state index contributed by atoms with van der Waals surface area (Å²) in [4.78, 5) is 2.75. The van der Waals surface area contributed by atoms with E-state index in [1.54, 1.807) is 0 Å². The van der Waals surface area contributed by atoms with E-state index in [-0.39, 0.29) is 0 Å². The fourth-order valence-electron chi connectivity index (χ4n) is 4.40. The van der Waals surface area contributed by atoms with Gasteiger partial charge in [-0.15, -0.1) is 0 Å². The molecular weight excluding hydrogens is 256 g/mol. The maximum Gasteiger partial charge on any atom is 0.0332 e. The van der Waals surface area contributed by atoms with Crippen LogP contribution in [0.3, 0.4) is 0 Å². The quantitative estimate of drug-likeness (QED) is 0.912. The molecule has 1 aromatic rings. The number of benzene rings is 1. The van der Waals surface area contributed by atoms with E-state index in [1.807, 2.05) is 0 Å². The van der Waals surface area contributed by atoms with Crippen LogP contribution >= 0.6 is 0 Å². The lowest BCUT2D eigenvalue weighted by Crippen LogP contribution is -2.53. The Balaban J connectivity index is 1.70. The number of nitrogens with two attached hydrogens (primary N) is 1. The van der Waals surface area contributed by atoms with Crippen molar-refractivity contribution in [3.63, 3.8) is 0 Å². The Bertz CT molecular complexity index is 420. The Morgan fingerprint density at radius 3 is 2.33 bits per heavy atom. The average molecular weight is 286 g/mol. The highest BCUT2D eigenvalue weighted by Gasteiger charge is 2.39. The van der Waals surface area contributed by atoms with Crippen LogP contribution in [0.15, 0.2) is 30.3 Å². The first-order chi connectivity index (χ1) is 10.3. The molecule has 21 heavy (non-hydrogen) atoms. The topological polar surface area (TPSA) is 29.3 Å². The third-order valence-electron chi connectivity index (χ3n) is 5.79. The lowest BCUT2D eigenvalue weighted by Gasteiger charge is -2.43. The van der Waals surface area contributed by atoms with Crippen molar-refractivity contribution in [3.8, 4) is 0 Å². The second kappa shape index (κ2) is 6.93. The minimum absolute atomic E-state index is 0.296. The van der Waals surface area contributed by atoms with Crippen molar-refractivity contribution in [1.29, 1.82) is 0 Å². The second-order valence-electron chi connectivity index (χ2n) is 7.04. The van der Waals surface area contributed by atoms with Crippen LogP contribution in [0.1, 0.15) is 62.8 Å². The van der Waals surface area contributed by atoms with E-state index < -0.39 is 0 Å². The number of likely N-dealkylation sites (tertiary alicyclic amines) is 1. The molecule has 0 aromatic heterocycles. The summed E-state index contributed by atoms with van der Waals surface area (Å²) in [5, 5.41) is 0. The lowest BCUT2D eigenvalue weighted by atomic mass is 9.82. The minimum Gasteiger partial charge on any atom is -0.329 e. The van der Waals surface area contributed by atoms with Gasteiger partial charge in [-0.3, -0.25) is 4.90 Å².